The quantitative estimate of drug-likeness (QED) is 0.373. The Morgan fingerprint density at radius 2 is 1.67 bits per heavy atom. The summed E-state index contributed by atoms with van der Waals surface area (Å²) in [6.07, 6.45) is 4.01. The normalized spacial score (nSPS) is 12.1. The summed E-state index contributed by atoms with van der Waals surface area (Å²) in [5.74, 6) is -0.310. The number of sulfonamides is 1. The molecule has 0 unspecified atom stereocenters. The second-order valence-corrected chi connectivity index (χ2v) is 11.3. The highest BCUT2D eigenvalue weighted by Gasteiger charge is 2.28. The van der Waals surface area contributed by atoms with E-state index in [0.29, 0.717) is 31.6 Å². The van der Waals surface area contributed by atoms with E-state index in [1.807, 2.05) is 57.2 Å². The molecule has 0 heterocycles. The lowest BCUT2D eigenvalue weighted by Crippen LogP contribution is -2.49. The number of anilines is 1. The zero-order chi connectivity index (χ0) is 26.7. The van der Waals surface area contributed by atoms with Crippen molar-refractivity contribution in [2.24, 2.45) is 0 Å². The Hall–Kier alpha value is -2.87. The molecule has 2 rings (SSSR count). The van der Waals surface area contributed by atoms with E-state index in [-0.39, 0.29) is 24.8 Å². The minimum absolute atomic E-state index is 0.141. The third-order valence-electron chi connectivity index (χ3n) is 6.13. The van der Waals surface area contributed by atoms with E-state index in [9.17, 15) is 18.0 Å². The van der Waals surface area contributed by atoms with Gasteiger partial charge in [-0.2, -0.15) is 0 Å². The third-order valence-corrected chi connectivity index (χ3v) is 7.32. The number of nitrogens with one attached hydrogen (secondary N) is 1. The summed E-state index contributed by atoms with van der Waals surface area (Å²) in [7, 11) is -3.51. The van der Waals surface area contributed by atoms with Crippen LogP contribution in [0, 0.1) is 13.8 Å². The molecule has 198 valence electrons. The average molecular weight is 516 g/mol. The van der Waals surface area contributed by atoms with E-state index in [2.05, 4.69) is 12.2 Å². The summed E-state index contributed by atoms with van der Waals surface area (Å²) in [5.41, 5.74) is 3.66. The Morgan fingerprint density at radius 3 is 2.25 bits per heavy atom. The summed E-state index contributed by atoms with van der Waals surface area (Å²) in [6.45, 7) is 9.00. The molecule has 1 atom stereocenters. The predicted octanol–water partition coefficient (Wildman–Crippen LogP) is 4.57. The molecular weight excluding hydrogens is 474 g/mol. The Kier molecular flexibility index (Phi) is 11.4. The Bertz CT molecular complexity index is 1100. The van der Waals surface area contributed by atoms with Crippen molar-refractivity contribution in [1.29, 1.82) is 0 Å². The van der Waals surface area contributed by atoms with Crippen molar-refractivity contribution in [3.63, 3.8) is 0 Å². The standard InChI is InChI=1S/C28H41N3O4S/c1-6-8-18-29-28(33)26(7-2)30(21-24-12-9-11-23(4)20-24)27(32)13-10-19-31(36(5,34)35)25-16-14-22(3)15-17-25/h9,11-12,14-17,20,26H,6-8,10,13,18-19,21H2,1-5H3,(H,29,33)/t26-/m1/s1. The van der Waals surface area contributed by atoms with Gasteiger partial charge in [0, 0.05) is 26.1 Å². The molecule has 0 radical (unpaired) electrons. The van der Waals surface area contributed by atoms with Crippen LogP contribution in [0.5, 0.6) is 0 Å². The van der Waals surface area contributed by atoms with Gasteiger partial charge in [0.25, 0.3) is 0 Å². The summed E-state index contributed by atoms with van der Waals surface area (Å²) in [5, 5.41) is 2.97. The zero-order valence-electron chi connectivity index (χ0n) is 22.3. The lowest BCUT2D eigenvalue weighted by molar-refractivity contribution is -0.141. The van der Waals surface area contributed by atoms with Crippen LogP contribution in [-0.2, 0) is 26.2 Å². The number of aryl methyl sites for hydroxylation is 2. The molecule has 0 aliphatic rings. The first-order valence-electron chi connectivity index (χ1n) is 12.7. The van der Waals surface area contributed by atoms with Crippen LogP contribution < -0.4 is 9.62 Å². The van der Waals surface area contributed by atoms with Crippen LogP contribution >= 0.6 is 0 Å². The Balaban J connectivity index is 2.19. The van der Waals surface area contributed by atoms with Crippen LogP contribution in [0.25, 0.3) is 0 Å². The fraction of sp³-hybridized carbons (Fsp3) is 0.500. The topological polar surface area (TPSA) is 86.8 Å². The van der Waals surface area contributed by atoms with Gasteiger partial charge in [-0.05, 0) is 50.8 Å². The zero-order valence-corrected chi connectivity index (χ0v) is 23.1. The molecule has 7 nitrogen and oxygen atoms in total. The largest absolute Gasteiger partial charge is 0.354 e. The van der Waals surface area contributed by atoms with Gasteiger partial charge in [-0.25, -0.2) is 8.42 Å². The van der Waals surface area contributed by atoms with E-state index in [0.717, 1.165) is 29.5 Å². The summed E-state index contributed by atoms with van der Waals surface area (Å²) >= 11 is 0. The maximum atomic E-state index is 13.5. The van der Waals surface area contributed by atoms with E-state index >= 15 is 0 Å². The minimum Gasteiger partial charge on any atom is -0.354 e. The first-order chi connectivity index (χ1) is 17.1. The molecule has 2 aromatic carbocycles. The van der Waals surface area contributed by atoms with Gasteiger partial charge in [-0.3, -0.25) is 13.9 Å². The molecular formula is C28H41N3O4S. The second-order valence-electron chi connectivity index (χ2n) is 9.35. The van der Waals surface area contributed by atoms with Gasteiger partial charge >= 0.3 is 0 Å². The van der Waals surface area contributed by atoms with E-state index in [4.69, 9.17) is 0 Å². The van der Waals surface area contributed by atoms with Gasteiger partial charge in [0.05, 0.1) is 11.9 Å². The van der Waals surface area contributed by atoms with Gasteiger partial charge in [-0.1, -0.05) is 67.8 Å². The fourth-order valence-electron chi connectivity index (χ4n) is 4.15. The van der Waals surface area contributed by atoms with Crippen molar-refractivity contribution in [1.82, 2.24) is 10.2 Å². The number of rotatable bonds is 14. The molecule has 0 bridgehead atoms. The van der Waals surface area contributed by atoms with Crippen molar-refractivity contribution in [2.45, 2.75) is 72.4 Å². The van der Waals surface area contributed by atoms with Gasteiger partial charge in [0.2, 0.25) is 21.8 Å². The monoisotopic (exact) mass is 515 g/mol. The van der Waals surface area contributed by atoms with Crippen LogP contribution in [0.3, 0.4) is 0 Å². The highest BCUT2D eigenvalue weighted by molar-refractivity contribution is 7.92. The SMILES string of the molecule is CCCCNC(=O)[C@@H](CC)N(Cc1cccc(C)c1)C(=O)CCCN(c1ccc(C)cc1)S(C)(=O)=O. The average Bonchev–Trinajstić information content (AvgIpc) is 2.82. The molecule has 0 aliphatic carbocycles. The highest BCUT2D eigenvalue weighted by atomic mass is 32.2. The number of carbonyl (C=O) groups excluding carboxylic acids is 2. The third kappa shape index (κ3) is 8.97. The molecule has 0 aromatic heterocycles. The molecule has 0 saturated heterocycles. The van der Waals surface area contributed by atoms with Crippen LogP contribution in [0.4, 0.5) is 5.69 Å². The molecule has 1 N–H and O–H groups in total. The number of benzene rings is 2. The number of unbranched alkanes of at least 4 members (excludes halogenated alkanes) is 1. The summed E-state index contributed by atoms with van der Waals surface area (Å²) in [4.78, 5) is 28.1. The van der Waals surface area contributed by atoms with Crippen molar-refractivity contribution >= 4 is 27.5 Å². The molecule has 2 aromatic rings. The number of hydrogen-bond acceptors (Lipinski definition) is 4. The van der Waals surface area contributed by atoms with Gasteiger partial charge in [-0.15, -0.1) is 0 Å². The van der Waals surface area contributed by atoms with Gasteiger partial charge in [0.15, 0.2) is 0 Å². The Labute approximate surface area is 216 Å². The maximum Gasteiger partial charge on any atom is 0.242 e. The second kappa shape index (κ2) is 14.0. The van der Waals surface area contributed by atoms with Crippen LogP contribution in [0.2, 0.25) is 0 Å². The maximum absolute atomic E-state index is 13.5. The predicted molar refractivity (Wildman–Crippen MR) is 146 cm³/mol. The molecule has 2 amide bonds. The van der Waals surface area contributed by atoms with E-state index in [1.54, 1.807) is 17.0 Å². The number of amides is 2. The van der Waals surface area contributed by atoms with E-state index < -0.39 is 16.1 Å². The minimum atomic E-state index is -3.51. The van der Waals surface area contributed by atoms with Crippen LogP contribution in [-0.4, -0.2) is 50.5 Å². The number of hydrogen-bond donors (Lipinski definition) is 1. The lowest BCUT2D eigenvalue weighted by Gasteiger charge is -2.31. The molecule has 0 fully saturated rings. The highest BCUT2D eigenvalue weighted by Crippen LogP contribution is 2.20. The lowest BCUT2D eigenvalue weighted by atomic mass is 10.1. The number of carbonyl (C=O) groups is 2. The van der Waals surface area contributed by atoms with Crippen LogP contribution in [0.1, 0.15) is 62.6 Å². The first kappa shape index (κ1) is 29.4. The van der Waals surface area contributed by atoms with Crippen molar-refractivity contribution < 1.29 is 18.0 Å². The molecule has 0 saturated carbocycles. The fourth-order valence-corrected chi connectivity index (χ4v) is 5.11. The van der Waals surface area contributed by atoms with Crippen LogP contribution in [0.15, 0.2) is 48.5 Å². The summed E-state index contributed by atoms with van der Waals surface area (Å²) < 4.78 is 26.2. The van der Waals surface area contributed by atoms with Gasteiger partial charge < -0.3 is 10.2 Å². The summed E-state index contributed by atoms with van der Waals surface area (Å²) in [6, 6.07) is 14.6. The van der Waals surface area contributed by atoms with Crippen molar-refractivity contribution in [2.75, 3.05) is 23.7 Å². The Morgan fingerprint density at radius 1 is 0.972 bits per heavy atom. The molecule has 0 spiro atoms. The van der Waals surface area contributed by atoms with Crippen molar-refractivity contribution in [3.8, 4) is 0 Å². The molecule has 8 heteroatoms. The number of nitrogens with zero attached hydrogens (tertiary/aromatic N) is 2. The first-order valence-corrected chi connectivity index (χ1v) is 14.6. The van der Waals surface area contributed by atoms with E-state index in [1.165, 1.54) is 10.6 Å². The van der Waals surface area contributed by atoms with Crippen molar-refractivity contribution in [3.05, 3.63) is 65.2 Å². The smallest absolute Gasteiger partial charge is 0.242 e. The molecule has 36 heavy (non-hydrogen) atoms. The molecule has 0 aliphatic heterocycles. The van der Waals surface area contributed by atoms with Gasteiger partial charge in [0.1, 0.15) is 6.04 Å².